The van der Waals surface area contributed by atoms with Crippen LogP contribution in [0.4, 0.5) is 0 Å². The Balaban J connectivity index is 1.58. The van der Waals surface area contributed by atoms with Gasteiger partial charge in [0.25, 0.3) is 11.6 Å². The molecule has 3 aromatic heterocycles. The molecular weight excluding hydrogens is 420 g/mol. The molecule has 0 radical (unpaired) electrons. The maximum absolute atomic E-state index is 12.9. The molecule has 158 valence electrons. The number of carbonyl (C=O) groups is 2. The third-order valence-corrected chi connectivity index (χ3v) is 5.02. The van der Waals surface area contributed by atoms with E-state index in [0.29, 0.717) is 27.6 Å². The van der Waals surface area contributed by atoms with E-state index in [1.54, 1.807) is 37.3 Å². The van der Waals surface area contributed by atoms with E-state index in [4.69, 9.17) is 20.5 Å². The lowest BCUT2D eigenvalue weighted by Gasteiger charge is -2.09. The first-order chi connectivity index (χ1) is 14.8. The Hall–Kier alpha value is -3.65. The molecule has 0 saturated carbocycles. The zero-order chi connectivity index (χ0) is 22.1. The third kappa shape index (κ3) is 4.29. The van der Waals surface area contributed by atoms with E-state index in [2.05, 4.69) is 21.0 Å². The third-order valence-electron chi connectivity index (χ3n) is 4.77. The van der Waals surface area contributed by atoms with E-state index in [1.807, 2.05) is 19.9 Å². The number of pyridine rings is 1. The number of benzene rings is 1. The summed E-state index contributed by atoms with van der Waals surface area (Å²) in [6, 6.07) is 10.4. The normalized spacial score (nSPS) is 11.0. The number of carbonyl (C=O) groups excluding carboxylic acids is 2. The number of hydrazine groups is 1. The fraction of sp³-hybridized carbons (Fsp3) is 0.182. The van der Waals surface area contributed by atoms with Crippen molar-refractivity contribution < 1.29 is 18.5 Å². The van der Waals surface area contributed by atoms with E-state index in [-0.39, 0.29) is 23.6 Å². The molecule has 0 bridgehead atoms. The summed E-state index contributed by atoms with van der Waals surface area (Å²) in [5.74, 6) is 0.513. The second-order valence-corrected chi connectivity index (χ2v) is 7.57. The summed E-state index contributed by atoms with van der Waals surface area (Å²) in [7, 11) is 0. The van der Waals surface area contributed by atoms with Crippen LogP contribution in [0.15, 0.2) is 45.3 Å². The Morgan fingerprint density at radius 3 is 2.48 bits per heavy atom. The van der Waals surface area contributed by atoms with Crippen LogP contribution in [-0.2, 0) is 11.2 Å². The molecule has 3 heterocycles. The van der Waals surface area contributed by atoms with Gasteiger partial charge in [-0.1, -0.05) is 28.9 Å². The lowest BCUT2D eigenvalue weighted by atomic mass is 10.1. The minimum atomic E-state index is -0.512. The van der Waals surface area contributed by atoms with Crippen LogP contribution in [0, 0.1) is 20.8 Å². The second kappa shape index (κ2) is 8.23. The first-order valence-corrected chi connectivity index (χ1v) is 9.87. The van der Waals surface area contributed by atoms with Crippen LogP contribution in [-0.4, -0.2) is 22.0 Å². The van der Waals surface area contributed by atoms with Crippen molar-refractivity contribution in [2.45, 2.75) is 27.2 Å². The van der Waals surface area contributed by atoms with Gasteiger partial charge < -0.3 is 8.94 Å². The van der Waals surface area contributed by atoms with Crippen molar-refractivity contribution in [2.75, 3.05) is 0 Å². The van der Waals surface area contributed by atoms with Gasteiger partial charge in [0, 0.05) is 10.6 Å². The minimum absolute atomic E-state index is 0.0915. The molecule has 2 amide bonds. The first kappa shape index (κ1) is 20.6. The van der Waals surface area contributed by atoms with E-state index < -0.39 is 5.91 Å². The highest BCUT2D eigenvalue weighted by Gasteiger charge is 2.21. The largest absolute Gasteiger partial charge is 0.466 e. The number of nitrogens with zero attached hydrogens (tertiary/aromatic N) is 2. The summed E-state index contributed by atoms with van der Waals surface area (Å²) in [4.78, 5) is 29.6. The van der Waals surface area contributed by atoms with E-state index >= 15 is 0 Å². The Kier molecular flexibility index (Phi) is 5.48. The summed E-state index contributed by atoms with van der Waals surface area (Å²) in [5.41, 5.74) is 7.94. The highest BCUT2D eigenvalue weighted by atomic mass is 35.5. The number of fused-ring (bicyclic) bond motifs is 1. The van der Waals surface area contributed by atoms with Crippen LogP contribution in [0.5, 0.6) is 0 Å². The average Bonchev–Trinajstić information content (AvgIpc) is 3.28. The molecule has 0 aliphatic rings. The smallest absolute Gasteiger partial charge is 0.270 e. The quantitative estimate of drug-likeness (QED) is 0.465. The number of hydrogen-bond acceptors (Lipinski definition) is 6. The van der Waals surface area contributed by atoms with E-state index in [1.165, 1.54) is 0 Å². The van der Waals surface area contributed by atoms with E-state index in [9.17, 15) is 9.59 Å². The number of rotatable bonds is 4. The molecule has 0 spiro atoms. The van der Waals surface area contributed by atoms with Gasteiger partial charge in [0.2, 0.25) is 5.91 Å². The van der Waals surface area contributed by atoms with Crippen molar-refractivity contribution in [3.63, 3.8) is 0 Å². The van der Waals surface area contributed by atoms with Crippen LogP contribution in [0.25, 0.3) is 22.4 Å². The van der Waals surface area contributed by atoms with Gasteiger partial charge in [-0.2, -0.15) is 0 Å². The van der Waals surface area contributed by atoms with Gasteiger partial charge in [-0.05, 0) is 50.6 Å². The molecule has 0 saturated heterocycles. The van der Waals surface area contributed by atoms with Crippen molar-refractivity contribution >= 4 is 34.5 Å². The lowest BCUT2D eigenvalue weighted by molar-refractivity contribution is -0.121. The van der Waals surface area contributed by atoms with Crippen LogP contribution in [0.1, 0.15) is 33.1 Å². The molecule has 8 nitrogen and oxygen atoms in total. The van der Waals surface area contributed by atoms with Gasteiger partial charge in [-0.25, -0.2) is 4.98 Å². The Morgan fingerprint density at radius 1 is 1.06 bits per heavy atom. The van der Waals surface area contributed by atoms with Gasteiger partial charge in [-0.3, -0.25) is 20.4 Å². The summed E-state index contributed by atoms with van der Waals surface area (Å²) < 4.78 is 10.9. The summed E-state index contributed by atoms with van der Waals surface area (Å²) in [6.45, 7) is 5.37. The fourth-order valence-electron chi connectivity index (χ4n) is 3.32. The fourth-order valence-corrected chi connectivity index (χ4v) is 3.45. The Bertz CT molecular complexity index is 1290. The van der Waals surface area contributed by atoms with Crippen molar-refractivity contribution in [2.24, 2.45) is 0 Å². The molecule has 0 unspecified atom stereocenters. The number of nitrogens with one attached hydrogen (secondary N) is 2. The van der Waals surface area contributed by atoms with Gasteiger partial charge in [0.05, 0.1) is 28.8 Å². The average molecular weight is 439 g/mol. The number of halogens is 1. The molecule has 31 heavy (non-hydrogen) atoms. The molecule has 1 aromatic carbocycles. The molecule has 0 aliphatic heterocycles. The van der Waals surface area contributed by atoms with Crippen molar-refractivity contribution in [1.82, 2.24) is 21.0 Å². The monoisotopic (exact) mass is 438 g/mol. The van der Waals surface area contributed by atoms with Crippen LogP contribution in [0.2, 0.25) is 5.02 Å². The number of hydrogen-bond donors (Lipinski definition) is 2. The maximum atomic E-state index is 12.9. The summed E-state index contributed by atoms with van der Waals surface area (Å²) >= 11 is 5.86. The SMILES string of the molecule is Cc1cc(-c2cc(C(=O)NNC(=O)Cc3ccc(Cl)cc3)c3c(C)noc3n2)c(C)o1. The van der Waals surface area contributed by atoms with Gasteiger partial charge in [0.1, 0.15) is 11.5 Å². The summed E-state index contributed by atoms with van der Waals surface area (Å²) in [5, 5.41) is 4.98. The molecule has 2 N–H and O–H groups in total. The highest BCUT2D eigenvalue weighted by molar-refractivity contribution is 6.30. The predicted octanol–water partition coefficient (Wildman–Crippen LogP) is 4.07. The Morgan fingerprint density at radius 2 is 1.81 bits per heavy atom. The second-order valence-electron chi connectivity index (χ2n) is 7.14. The van der Waals surface area contributed by atoms with Crippen molar-refractivity contribution in [1.29, 1.82) is 0 Å². The summed E-state index contributed by atoms with van der Waals surface area (Å²) in [6.07, 6.45) is 0.0915. The number of aromatic nitrogens is 2. The van der Waals surface area contributed by atoms with Crippen molar-refractivity contribution in [3.05, 3.63) is 69.8 Å². The number of furan rings is 1. The van der Waals surface area contributed by atoms with Crippen LogP contribution < -0.4 is 10.9 Å². The molecule has 0 aliphatic carbocycles. The predicted molar refractivity (Wildman–Crippen MR) is 114 cm³/mol. The standard InChI is InChI=1S/C22H19ClN4O4/c1-11-8-16(13(3)30-11)18-10-17(20-12(2)27-31-22(20)24-18)21(29)26-25-19(28)9-14-4-6-15(23)7-5-14/h4-8,10H,9H2,1-3H3,(H,25,28)(H,26,29). The lowest BCUT2D eigenvalue weighted by Crippen LogP contribution is -2.42. The maximum Gasteiger partial charge on any atom is 0.270 e. The highest BCUT2D eigenvalue weighted by Crippen LogP contribution is 2.30. The van der Waals surface area contributed by atoms with Crippen LogP contribution in [0.3, 0.4) is 0 Å². The Labute approximate surface area is 182 Å². The van der Waals surface area contributed by atoms with E-state index in [0.717, 1.165) is 16.9 Å². The minimum Gasteiger partial charge on any atom is -0.466 e. The molecular formula is C22H19ClN4O4. The molecule has 9 heteroatoms. The molecule has 0 atom stereocenters. The van der Waals surface area contributed by atoms with Gasteiger partial charge in [0.15, 0.2) is 0 Å². The topological polar surface area (TPSA) is 110 Å². The zero-order valence-corrected chi connectivity index (χ0v) is 17.8. The zero-order valence-electron chi connectivity index (χ0n) is 17.1. The van der Waals surface area contributed by atoms with Gasteiger partial charge >= 0.3 is 0 Å². The van der Waals surface area contributed by atoms with Crippen molar-refractivity contribution in [3.8, 4) is 11.3 Å². The first-order valence-electron chi connectivity index (χ1n) is 9.50. The number of amides is 2. The van der Waals surface area contributed by atoms with Crippen LogP contribution >= 0.6 is 11.6 Å². The van der Waals surface area contributed by atoms with Gasteiger partial charge in [-0.15, -0.1) is 0 Å². The molecule has 0 fully saturated rings. The number of aryl methyl sites for hydroxylation is 3. The molecule has 4 aromatic rings. The molecule has 4 rings (SSSR count).